The Morgan fingerprint density at radius 2 is 2.00 bits per heavy atom. The third kappa shape index (κ3) is 4.05. The Bertz CT molecular complexity index is 216. The molecule has 2 unspecified atom stereocenters. The Morgan fingerprint density at radius 1 is 1.36 bits per heavy atom. The van der Waals surface area contributed by atoms with Crippen molar-refractivity contribution in [2.45, 2.75) is 4.90 Å². The Morgan fingerprint density at radius 3 is 2.55 bits per heavy atom. The summed E-state index contributed by atoms with van der Waals surface area (Å²) in [6.07, 6.45) is 0. The molecule has 0 heterocycles. The predicted molar refractivity (Wildman–Crippen MR) is 66.2 cm³/mol. The molecule has 1 aromatic rings. The second-order valence-electron chi connectivity index (χ2n) is 1.80. The van der Waals surface area contributed by atoms with Crippen LogP contribution < -0.4 is 4.49 Å². The van der Waals surface area contributed by atoms with Gasteiger partial charge in [-0.15, -0.1) is 0 Å². The average molecular weight is 315 g/mol. The van der Waals surface area contributed by atoms with E-state index in [0.29, 0.717) is 8.42 Å². The summed E-state index contributed by atoms with van der Waals surface area (Å²) in [6, 6.07) is 8.45. The maximum Gasteiger partial charge on any atom is 0.0231 e. The summed E-state index contributed by atoms with van der Waals surface area (Å²) in [7, 11) is 3.36. The molecule has 0 bridgehead atoms. The molecule has 0 spiro atoms. The molecule has 0 aliphatic carbocycles. The van der Waals surface area contributed by atoms with Gasteiger partial charge in [-0.05, 0) is 67.2 Å². The minimum Gasteiger partial charge on any atom is -0.237 e. The second-order valence-corrected chi connectivity index (χ2v) is 5.69. The van der Waals surface area contributed by atoms with Crippen molar-refractivity contribution < 1.29 is 0 Å². The Hall–Kier alpha value is 1.12. The number of rotatable bonds is 3. The molecule has 0 radical (unpaired) electrons. The van der Waals surface area contributed by atoms with Crippen molar-refractivity contribution in [2.75, 3.05) is 0 Å². The van der Waals surface area contributed by atoms with Crippen LogP contribution in [0.2, 0.25) is 0 Å². The van der Waals surface area contributed by atoms with Gasteiger partial charge in [0.05, 0.1) is 0 Å². The summed E-state index contributed by atoms with van der Waals surface area (Å²) < 4.78 is 4.47. The van der Waals surface area contributed by atoms with Crippen LogP contribution in [-0.2, 0) is 0 Å². The van der Waals surface area contributed by atoms with E-state index in [2.05, 4.69) is 60.3 Å². The quantitative estimate of drug-likeness (QED) is 0.522. The van der Waals surface area contributed by atoms with Gasteiger partial charge in [-0.25, -0.2) is 4.49 Å². The molecule has 0 saturated carbocycles. The molecule has 0 aliphatic heterocycles. The zero-order chi connectivity index (χ0) is 8.10. The van der Waals surface area contributed by atoms with Gasteiger partial charge >= 0.3 is 0 Å². The largest absolute Gasteiger partial charge is 0.237 e. The first-order chi connectivity index (χ1) is 5.33. The summed E-state index contributed by atoms with van der Waals surface area (Å²) in [5.74, 6) is 0. The minimum absolute atomic E-state index is 0.708. The highest BCUT2D eigenvalue weighted by molar-refractivity contribution is 14.1. The van der Waals surface area contributed by atoms with Gasteiger partial charge in [0.2, 0.25) is 0 Å². The van der Waals surface area contributed by atoms with E-state index in [9.17, 15) is 0 Å². The summed E-state index contributed by atoms with van der Waals surface area (Å²) in [5, 5.41) is 0. The van der Waals surface area contributed by atoms with Crippen LogP contribution in [0.4, 0.5) is 0 Å². The molecule has 1 rings (SSSR count). The number of halogens is 1. The highest BCUT2D eigenvalue weighted by Crippen LogP contribution is 2.24. The SMILES string of the molecule is PPNSc1ccc(I)cc1. The molecule has 1 aromatic carbocycles. The van der Waals surface area contributed by atoms with E-state index in [1.165, 1.54) is 8.47 Å². The van der Waals surface area contributed by atoms with Gasteiger partial charge in [-0.3, -0.25) is 0 Å². The van der Waals surface area contributed by atoms with Crippen molar-refractivity contribution >= 4 is 51.9 Å². The fourth-order valence-corrected chi connectivity index (χ4v) is 2.46. The third-order valence-corrected chi connectivity index (χ3v) is 4.21. The van der Waals surface area contributed by atoms with Gasteiger partial charge in [0.15, 0.2) is 0 Å². The first-order valence-corrected chi connectivity index (χ1v) is 7.66. The summed E-state index contributed by atoms with van der Waals surface area (Å²) in [5.41, 5.74) is 0. The number of benzene rings is 1. The minimum atomic E-state index is 0.708. The fourth-order valence-electron chi connectivity index (χ4n) is 0.591. The van der Waals surface area contributed by atoms with Gasteiger partial charge in [-0.2, -0.15) is 0 Å². The number of nitrogens with one attached hydrogen (secondary N) is 1. The van der Waals surface area contributed by atoms with Crippen LogP contribution in [0.15, 0.2) is 29.2 Å². The second kappa shape index (κ2) is 5.71. The van der Waals surface area contributed by atoms with Crippen molar-refractivity contribution in [1.29, 1.82) is 0 Å². The molecule has 11 heavy (non-hydrogen) atoms. The molecule has 1 nitrogen and oxygen atoms in total. The zero-order valence-corrected chi connectivity index (χ0v) is 10.8. The van der Waals surface area contributed by atoms with Gasteiger partial charge in [0, 0.05) is 8.47 Å². The van der Waals surface area contributed by atoms with E-state index >= 15 is 0 Å². The van der Waals surface area contributed by atoms with Crippen molar-refractivity contribution in [2.24, 2.45) is 0 Å². The standard InChI is InChI=1S/C6H8INP2S/c7-5-1-3-6(4-2-5)11-8-10-9/h1-4,8,10H,9H2. The van der Waals surface area contributed by atoms with Gasteiger partial charge in [0.1, 0.15) is 0 Å². The number of hydrogen-bond donors (Lipinski definition) is 1. The Balaban J connectivity index is 2.52. The molecule has 0 fully saturated rings. The van der Waals surface area contributed by atoms with Crippen LogP contribution in [0.5, 0.6) is 0 Å². The lowest BCUT2D eigenvalue weighted by molar-refractivity contribution is 1.43. The van der Waals surface area contributed by atoms with Gasteiger partial charge < -0.3 is 0 Å². The topological polar surface area (TPSA) is 12.0 Å². The maximum atomic E-state index is 3.19. The predicted octanol–water partition coefficient (Wildman–Crippen LogP) is 3.27. The van der Waals surface area contributed by atoms with Crippen molar-refractivity contribution in [3.63, 3.8) is 0 Å². The highest BCUT2D eigenvalue weighted by Gasteiger charge is 1.90. The molecule has 5 heteroatoms. The first kappa shape index (κ1) is 10.2. The first-order valence-electron chi connectivity index (χ1n) is 2.96. The smallest absolute Gasteiger partial charge is 0.0231 e. The molecule has 0 aromatic heterocycles. The lowest BCUT2D eigenvalue weighted by Crippen LogP contribution is -1.82. The van der Waals surface area contributed by atoms with E-state index in [1.807, 2.05) is 0 Å². The molecule has 2 atom stereocenters. The average Bonchev–Trinajstić information content (AvgIpc) is 2.04. The third-order valence-electron chi connectivity index (χ3n) is 1.04. The van der Waals surface area contributed by atoms with Crippen LogP contribution in [0, 0.1) is 3.57 Å². The zero-order valence-electron chi connectivity index (χ0n) is 5.67. The Kier molecular flexibility index (Phi) is 5.30. The maximum absolute atomic E-state index is 3.19. The van der Waals surface area contributed by atoms with Gasteiger partial charge in [-0.1, -0.05) is 8.93 Å². The van der Waals surface area contributed by atoms with Crippen LogP contribution in [-0.4, -0.2) is 0 Å². The lowest BCUT2D eigenvalue weighted by Gasteiger charge is -1.99. The number of hydrogen-bond acceptors (Lipinski definition) is 2. The van der Waals surface area contributed by atoms with Crippen LogP contribution in [0.1, 0.15) is 0 Å². The molecule has 1 N–H and O–H groups in total. The summed E-state index contributed by atoms with van der Waals surface area (Å²) in [6.45, 7) is 0. The molecular weight excluding hydrogens is 307 g/mol. The van der Waals surface area contributed by atoms with Gasteiger partial charge in [0.25, 0.3) is 0 Å². The van der Waals surface area contributed by atoms with E-state index in [1.54, 1.807) is 11.9 Å². The molecule has 0 aliphatic rings. The van der Waals surface area contributed by atoms with E-state index in [4.69, 9.17) is 0 Å². The van der Waals surface area contributed by atoms with E-state index in [-0.39, 0.29) is 0 Å². The van der Waals surface area contributed by atoms with E-state index in [0.717, 1.165) is 0 Å². The van der Waals surface area contributed by atoms with Crippen LogP contribution >= 0.6 is 51.9 Å². The highest BCUT2D eigenvalue weighted by atomic mass is 127. The molecular formula is C6H8INP2S. The van der Waals surface area contributed by atoms with E-state index < -0.39 is 0 Å². The van der Waals surface area contributed by atoms with Crippen LogP contribution in [0.3, 0.4) is 0 Å². The normalized spacial score (nSPS) is 11.1. The van der Waals surface area contributed by atoms with Crippen molar-refractivity contribution in [3.8, 4) is 0 Å². The van der Waals surface area contributed by atoms with Crippen molar-refractivity contribution in [1.82, 2.24) is 4.49 Å². The lowest BCUT2D eigenvalue weighted by atomic mass is 10.4. The van der Waals surface area contributed by atoms with Crippen LogP contribution in [0.25, 0.3) is 0 Å². The summed E-state index contributed by atoms with van der Waals surface area (Å²) in [4.78, 5) is 1.26. The molecule has 0 saturated heterocycles. The Labute approximate surface area is 88.7 Å². The fraction of sp³-hybridized carbons (Fsp3) is 0. The molecule has 0 amide bonds. The van der Waals surface area contributed by atoms with Crippen molar-refractivity contribution in [3.05, 3.63) is 27.8 Å². The molecule has 60 valence electrons. The monoisotopic (exact) mass is 315 g/mol. The summed E-state index contributed by atoms with van der Waals surface area (Å²) >= 11 is 3.97.